The van der Waals surface area contributed by atoms with Crippen LogP contribution in [0.4, 0.5) is 5.69 Å². The molecular weight excluding hydrogens is 264 g/mol. The topological polar surface area (TPSA) is 66.9 Å². The first kappa shape index (κ1) is 15.5. The summed E-state index contributed by atoms with van der Waals surface area (Å²) in [7, 11) is 0. The zero-order valence-electron chi connectivity index (χ0n) is 12.8. The molecule has 0 unspecified atom stereocenters. The molecule has 4 heteroatoms. The van der Waals surface area contributed by atoms with Crippen molar-refractivity contribution in [3.63, 3.8) is 0 Å². The van der Waals surface area contributed by atoms with Gasteiger partial charge in [-0.1, -0.05) is 38.8 Å². The summed E-state index contributed by atoms with van der Waals surface area (Å²) in [6, 6.07) is 9.05. The average molecular weight is 286 g/mol. The molecule has 4 nitrogen and oxygen atoms in total. The van der Waals surface area contributed by atoms with E-state index in [1.165, 1.54) is 6.07 Å². The highest BCUT2D eigenvalue weighted by atomic mass is 16.6. The van der Waals surface area contributed by atoms with Gasteiger partial charge in [0.15, 0.2) is 0 Å². The Morgan fingerprint density at radius 2 is 1.90 bits per heavy atom. The van der Waals surface area contributed by atoms with Gasteiger partial charge in [-0.25, -0.2) is 0 Å². The van der Waals surface area contributed by atoms with E-state index in [0.717, 1.165) is 44.1 Å². The molecule has 1 aliphatic rings. The fourth-order valence-electron chi connectivity index (χ4n) is 4.03. The van der Waals surface area contributed by atoms with Crippen LogP contribution in [0.3, 0.4) is 0 Å². The second-order valence-electron chi connectivity index (χ2n) is 6.35. The van der Waals surface area contributed by atoms with Gasteiger partial charge < -0.3 is 0 Å². The van der Waals surface area contributed by atoms with E-state index in [4.69, 9.17) is 0 Å². The summed E-state index contributed by atoms with van der Waals surface area (Å²) in [5.74, 6) is 0. The maximum absolute atomic E-state index is 10.9. The largest absolute Gasteiger partial charge is 0.269 e. The van der Waals surface area contributed by atoms with Crippen molar-refractivity contribution in [3.8, 4) is 6.07 Å². The van der Waals surface area contributed by atoms with E-state index < -0.39 is 10.3 Å². The van der Waals surface area contributed by atoms with Gasteiger partial charge in [-0.3, -0.25) is 10.1 Å². The van der Waals surface area contributed by atoms with E-state index in [1.54, 1.807) is 12.1 Å². The minimum absolute atomic E-state index is 0.0746. The predicted octanol–water partition coefficient (Wildman–Crippen LogP) is 4.74. The van der Waals surface area contributed by atoms with Crippen LogP contribution in [-0.4, -0.2) is 4.92 Å². The van der Waals surface area contributed by atoms with E-state index in [9.17, 15) is 15.4 Å². The molecule has 1 aromatic rings. The van der Waals surface area contributed by atoms with Crippen molar-refractivity contribution >= 4 is 5.69 Å². The molecule has 112 valence electrons. The number of nitrogens with zero attached hydrogens (tertiary/aromatic N) is 2. The molecule has 0 radical (unpaired) electrons. The first-order valence-corrected chi connectivity index (χ1v) is 7.67. The van der Waals surface area contributed by atoms with Gasteiger partial charge in [-0.2, -0.15) is 5.26 Å². The molecule has 1 aliphatic carbocycles. The fourth-order valence-corrected chi connectivity index (χ4v) is 4.03. The van der Waals surface area contributed by atoms with Gasteiger partial charge in [0, 0.05) is 12.1 Å². The summed E-state index contributed by atoms with van der Waals surface area (Å²) in [6.45, 7) is 4.36. The summed E-state index contributed by atoms with van der Waals surface area (Å²) in [5, 5.41) is 20.6. The second-order valence-corrected chi connectivity index (χ2v) is 6.35. The van der Waals surface area contributed by atoms with Crippen LogP contribution in [0.25, 0.3) is 0 Å². The number of hydrogen-bond donors (Lipinski definition) is 0. The highest BCUT2D eigenvalue weighted by Crippen LogP contribution is 2.60. The Morgan fingerprint density at radius 3 is 2.38 bits per heavy atom. The average Bonchev–Trinajstić information content (AvgIpc) is 2.44. The van der Waals surface area contributed by atoms with Crippen molar-refractivity contribution in [1.29, 1.82) is 5.26 Å². The summed E-state index contributed by atoms with van der Waals surface area (Å²) < 4.78 is 0. The van der Waals surface area contributed by atoms with Gasteiger partial charge in [0.2, 0.25) is 0 Å². The molecule has 2 rings (SSSR count). The monoisotopic (exact) mass is 286 g/mol. The first-order valence-electron chi connectivity index (χ1n) is 7.67. The maximum Gasteiger partial charge on any atom is 0.269 e. The van der Waals surface area contributed by atoms with Crippen molar-refractivity contribution in [3.05, 3.63) is 39.9 Å². The normalized spacial score (nSPS) is 18.5. The molecule has 0 N–H and O–H groups in total. The summed E-state index contributed by atoms with van der Waals surface area (Å²) >= 11 is 0. The first-order chi connectivity index (χ1) is 10.0. The van der Waals surface area contributed by atoms with Gasteiger partial charge >= 0.3 is 0 Å². The van der Waals surface area contributed by atoms with Crippen molar-refractivity contribution in [2.24, 2.45) is 5.41 Å². The van der Waals surface area contributed by atoms with Crippen LogP contribution in [0.1, 0.15) is 57.9 Å². The Balaban J connectivity index is 2.28. The van der Waals surface area contributed by atoms with Crippen LogP contribution in [0.2, 0.25) is 0 Å². The lowest BCUT2D eigenvalue weighted by molar-refractivity contribution is -0.385. The maximum atomic E-state index is 10.9. The number of hydrogen-bond acceptors (Lipinski definition) is 3. The molecule has 1 fully saturated rings. The van der Waals surface area contributed by atoms with Crippen LogP contribution in [0.5, 0.6) is 0 Å². The van der Waals surface area contributed by atoms with Crippen molar-refractivity contribution < 1.29 is 4.92 Å². The Bertz CT molecular complexity index is 560. The van der Waals surface area contributed by atoms with Crippen molar-refractivity contribution in [2.75, 3.05) is 0 Å². The fraction of sp³-hybridized carbons (Fsp3) is 0.588. The Kier molecular flexibility index (Phi) is 4.32. The zero-order valence-corrected chi connectivity index (χ0v) is 12.8. The Hall–Kier alpha value is -1.89. The minimum atomic E-state index is -0.531. The van der Waals surface area contributed by atoms with Crippen LogP contribution < -0.4 is 0 Å². The number of nitriles is 1. The SMILES string of the molecule is CCCC1(CCC)CC(C#N)(c2cccc([N+](=O)[O-])c2)C1. The smallest absolute Gasteiger partial charge is 0.258 e. The molecule has 0 saturated heterocycles. The lowest BCUT2D eigenvalue weighted by atomic mass is 9.48. The van der Waals surface area contributed by atoms with Gasteiger partial charge in [-0.05, 0) is 36.7 Å². The van der Waals surface area contributed by atoms with E-state index in [1.807, 2.05) is 6.07 Å². The third-order valence-electron chi connectivity index (χ3n) is 4.74. The molecule has 0 atom stereocenters. The molecule has 21 heavy (non-hydrogen) atoms. The highest BCUT2D eigenvalue weighted by Gasteiger charge is 2.54. The van der Waals surface area contributed by atoms with E-state index in [2.05, 4.69) is 19.9 Å². The summed E-state index contributed by atoms with van der Waals surface area (Å²) in [4.78, 5) is 10.5. The van der Waals surface area contributed by atoms with Gasteiger partial charge in [0.05, 0.1) is 16.4 Å². The van der Waals surface area contributed by atoms with Crippen LogP contribution >= 0.6 is 0 Å². The molecule has 0 heterocycles. The molecule has 1 aromatic carbocycles. The molecule has 0 bridgehead atoms. The van der Waals surface area contributed by atoms with Crippen LogP contribution in [-0.2, 0) is 5.41 Å². The van der Waals surface area contributed by atoms with Crippen LogP contribution in [0.15, 0.2) is 24.3 Å². The lowest BCUT2D eigenvalue weighted by Crippen LogP contribution is -2.48. The quantitative estimate of drug-likeness (QED) is 0.560. The van der Waals surface area contributed by atoms with Crippen molar-refractivity contribution in [1.82, 2.24) is 0 Å². The summed E-state index contributed by atoms with van der Waals surface area (Å²) in [6.07, 6.45) is 6.18. The van der Waals surface area contributed by atoms with Gasteiger partial charge in [0.1, 0.15) is 0 Å². The molecule has 1 saturated carbocycles. The third-order valence-corrected chi connectivity index (χ3v) is 4.74. The lowest BCUT2D eigenvalue weighted by Gasteiger charge is -2.53. The molecule has 0 amide bonds. The van der Waals surface area contributed by atoms with Gasteiger partial charge in [-0.15, -0.1) is 0 Å². The minimum Gasteiger partial charge on any atom is -0.258 e. The molecule has 0 aromatic heterocycles. The standard InChI is InChI=1S/C17H22N2O2/c1-3-8-16(9-4-2)11-17(12-16,13-18)14-6-5-7-15(10-14)19(20)21/h5-7,10H,3-4,8-9,11-12H2,1-2H3. The van der Waals surface area contributed by atoms with Crippen LogP contribution in [0, 0.1) is 26.9 Å². The zero-order chi connectivity index (χ0) is 15.5. The number of benzene rings is 1. The highest BCUT2D eigenvalue weighted by molar-refractivity contribution is 5.44. The second kappa shape index (κ2) is 5.85. The van der Waals surface area contributed by atoms with Crippen molar-refractivity contribution in [2.45, 2.75) is 57.8 Å². The van der Waals surface area contributed by atoms with E-state index >= 15 is 0 Å². The summed E-state index contributed by atoms with van der Waals surface area (Å²) in [5.41, 5.74) is 0.605. The Labute approximate surface area is 125 Å². The molecule has 0 aliphatic heterocycles. The number of nitro benzene ring substituents is 1. The number of nitro groups is 1. The van der Waals surface area contributed by atoms with E-state index in [-0.39, 0.29) is 11.1 Å². The number of non-ortho nitro benzene ring substituents is 1. The van der Waals surface area contributed by atoms with E-state index in [0.29, 0.717) is 0 Å². The third kappa shape index (κ3) is 2.78. The Morgan fingerprint density at radius 1 is 1.29 bits per heavy atom. The molecule has 0 spiro atoms. The molecular formula is C17H22N2O2. The number of rotatable bonds is 6. The predicted molar refractivity (Wildman–Crippen MR) is 81.9 cm³/mol. The van der Waals surface area contributed by atoms with Gasteiger partial charge in [0.25, 0.3) is 5.69 Å².